The average molecular weight is 388 g/mol. The number of hydrogen-bond donors (Lipinski definition) is 1. The Hall–Kier alpha value is -2.32. The molecular formula is C15H15Cl2N3O5. The topological polar surface area (TPSA) is 96.0 Å². The molecule has 0 atom stereocenters. The molecule has 0 radical (unpaired) electrons. The summed E-state index contributed by atoms with van der Waals surface area (Å²) >= 11 is 11.8. The lowest BCUT2D eigenvalue weighted by atomic mass is 10.2. The minimum atomic E-state index is -0.850. The number of rotatable bonds is 6. The van der Waals surface area contributed by atoms with E-state index in [0.29, 0.717) is 15.6 Å². The van der Waals surface area contributed by atoms with Crippen LogP contribution in [0.15, 0.2) is 18.2 Å². The largest absolute Gasteiger partial charge is 0.454 e. The number of benzene rings is 1. The Bertz CT molecular complexity index is 725. The van der Waals surface area contributed by atoms with Crippen molar-refractivity contribution >= 4 is 47.0 Å². The zero-order valence-corrected chi connectivity index (χ0v) is 14.8. The summed E-state index contributed by atoms with van der Waals surface area (Å²) < 4.78 is 4.77. The van der Waals surface area contributed by atoms with Crippen LogP contribution >= 0.6 is 23.2 Å². The summed E-state index contributed by atoms with van der Waals surface area (Å²) in [5.74, 6) is -1.89. The zero-order chi connectivity index (χ0) is 18.6. The SMILES string of the molecule is CN1CC(=O)N(CC(=O)OCC(=O)NCc2ccc(Cl)cc2Cl)C1=O. The quantitative estimate of drug-likeness (QED) is 0.581. The van der Waals surface area contributed by atoms with Crippen molar-refractivity contribution in [3.63, 3.8) is 0 Å². The Morgan fingerprint density at radius 2 is 2.00 bits per heavy atom. The molecule has 4 amide bonds. The number of halogens is 2. The van der Waals surface area contributed by atoms with Gasteiger partial charge in [-0.3, -0.25) is 19.3 Å². The molecule has 134 valence electrons. The van der Waals surface area contributed by atoms with Gasteiger partial charge < -0.3 is 15.0 Å². The summed E-state index contributed by atoms with van der Waals surface area (Å²) in [6.07, 6.45) is 0. The molecule has 10 heteroatoms. The molecule has 2 rings (SSSR count). The number of carbonyl (C=O) groups is 4. The zero-order valence-electron chi connectivity index (χ0n) is 13.3. The number of ether oxygens (including phenoxy) is 1. The molecule has 0 spiro atoms. The molecule has 1 aliphatic heterocycles. The van der Waals surface area contributed by atoms with Gasteiger partial charge in [-0.1, -0.05) is 29.3 Å². The minimum Gasteiger partial charge on any atom is -0.454 e. The number of nitrogens with zero attached hydrogens (tertiary/aromatic N) is 2. The Balaban J connectivity index is 1.75. The van der Waals surface area contributed by atoms with Crippen molar-refractivity contribution in [3.8, 4) is 0 Å². The Labute approximate surface area is 153 Å². The van der Waals surface area contributed by atoms with Crippen molar-refractivity contribution in [3.05, 3.63) is 33.8 Å². The summed E-state index contributed by atoms with van der Waals surface area (Å²) in [5, 5.41) is 3.41. The van der Waals surface area contributed by atoms with Gasteiger partial charge in [0.25, 0.3) is 11.8 Å². The highest BCUT2D eigenvalue weighted by Crippen LogP contribution is 2.20. The number of amides is 4. The summed E-state index contributed by atoms with van der Waals surface area (Å²) in [5.41, 5.74) is 0.655. The molecule has 1 N–H and O–H groups in total. The van der Waals surface area contributed by atoms with Gasteiger partial charge >= 0.3 is 12.0 Å². The number of urea groups is 1. The van der Waals surface area contributed by atoms with E-state index in [0.717, 1.165) is 4.90 Å². The normalized spacial score (nSPS) is 14.0. The first kappa shape index (κ1) is 19.0. The van der Waals surface area contributed by atoms with Crippen molar-refractivity contribution in [2.45, 2.75) is 6.54 Å². The lowest BCUT2D eigenvalue weighted by molar-refractivity contribution is -0.150. The second kappa shape index (κ2) is 8.17. The van der Waals surface area contributed by atoms with E-state index >= 15 is 0 Å². The lowest BCUT2D eigenvalue weighted by Gasteiger charge is -2.13. The van der Waals surface area contributed by atoms with Crippen LogP contribution in [-0.2, 0) is 25.7 Å². The van der Waals surface area contributed by atoms with Crippen molar-refractivity contribution in [1.29, 1.82) is 0 Å². The second-order valence-electron chi connectivity index (χ2n) is 5.29. The standard InChI is InChI=1S/C15H15Cl2N3O5/c1-19-6-13(22)20(15(19)24)7-14(23)25-8-12(21)18-5-9-2-3-10(16)4-11(9)17/h2-4H,5-8H2,1H3,(H,18,21). The predicted molar refractivity (Wildman–Crippen MR) is 89.0 cm³/mol. The summed E-state index contributed by atoms with van der Waals surface area (Å²) in [4.78, 5) is 48.5. The predicted octanol–water partition coefficient (Wildman–Crippen LogP) is 1.05. The van der Waals surface area contributed by atoms with Crippen LogP contribution < -0.4 is 5.32 Å². The van der Waals surface area contributed by atoms with Crippen molar-refractivity contribution in [2.24, 2.45) is 0 Å². The van der Waals surface area contributed by atoms with Gasteiger partial charge in [0.05, 0.1) is 0 Å². The molecule has 0 saturated carbocycles. The van der Waals surface area contributed by atoms with E-state index in [-0.39, 0.29) is 13.1 Å². The van der Waals surface area contributed by atoms with Crippen LogP contribution in [0.1, 0.15) is 5.56 Å². The van der Waals surface area contributed by atoms with E-state index in [4.69, 9.17) is 27.9 Å². The van der Waals surface area contributed by atoms with E-state index in [1.54, 1.807) is 18.2 Å². The van der Waals surface area contributed by atoms with E-state index in [1.807, 2.05) is 0 Å². The molecule has 0 aromatic heterocycles. The molecule has 25 heavy (non-hydrogen) atoms. The lowest BCUT2D eigenvalue weighted by Crippen LogP contribution is -2.38. The molecule has 1 saturated heterocycles. The molecule has 1 aliphatic rings. The Kier molecular flexibility index (Phi) is 6.22. The average Bonchev–Trinajstić information content (AvgIpc) is 2.78. The van der Waals surface area contributed by atoms with Crippen LogP contribution in [0.3, 0.4) is 0 Å². The number of imide groups is 1. The van der Waals surface area contributed by atoms with Crippen LogP contribution in [0, 0.1) is 0 Å². The smallest absolute Gasteiger partial charge is 0.327 e. The third-order valence-corrected chi connectivity index (χ3v) is 3.96. The maximum absolute atomic E-state index is 11.7. The van der Waals surface area contributed by atoms with Gasteiger partial charge in [-0.15, -0.1) is 0 Å². The van der Waals surface area contributed by atoms with Crippen LogP contribution in [0.25, 0.3) is 0 Å². The van der Waals surface area contributed by atoms with Crippen molar-refractivity contribution < 1.29 is 23.9 Å². The maximum atomic E-state index is 11.7. The number of esters is 1. The highest BCUT2D eigenvalue weighted by molar-refractivity contribution is 6.35. The van der Waals surface area contributed by atoms with Crippen LogP contribution in [-0.4, -0.2) is 60.4 Å². The molecule has 1 aromatic carbocycles. The fourth-order valence-electron chi connectivity index (χ4n) is 2.06. The van der Waals surface area contributed by atoms with E-state index < -0.39 is 37.0 Å². The molecule has 0 bridgehead atoms. The van der Waals surface area contributed by atoms with Gasteiger partial charge in [0.15, 0.2) is 6.61 Å². The molecule has 1 aromatic rings. The van der Waals surface area contributed by atoms with Gasteiger partial charge in [0.1, 0.15) is 13.1 Å². The van der Waals surface area contributed by atoms with Gasteiger partial charge in [-0.25, -0.2) is 4.79 Å². The third kappa shape index (κ3) is 5.07. The van der Waals surface area contributed by atoms with Gasteiger partial charge in [0, 0.05) is 23.6 Å². The first-order chi connectivity index (χ1) is 11.8. The molecule has 1 heterocycles. The van der Waals surface area contributed by atoms with Gasteiger partial charge in [-0.05, 0) is 17.7 Å². The van der Waals surface area contributed by atoms with Crippen LogP contribution in [0.2, 0.25) is 10.0 Å². The summed E-state index contributed by atoms with van der Waals surface area (Å²) in [6, 6.07) is 4.27. The first-order valence-electron chi connectivity index (χ1n) is 7.19. The fourth-order valence-corrected chi connectivity index (χ4v) is 2.53. The van der Waals surface area contributed by atoms with E-state index in [1.165, 1.54) is 11.9 Å². The highest BCUT2D eigenvalue weighted by atomic mass is 35.5. The minimum absolute atomic E-state index is 0.0888. The van der Waals surface area contributed by atoms with E-state index in [9.17, 15) is 19.2 Å². The molecule has 1 fully saturated rings. The first-order valence-corrected chi connectivity index (χ1v) is 7.95. The number of carbonyl (C=O) groups excluding carboxylic acids is 4. The molecule has 0 unspecified atom stereocenters. The second-order valence-corrected chi connectivity index (χ2v) is 6.14. The van der Waals surface area contributed by atoms with Crippen molar-refractivity contribution in [2.75, 3.05) is 26.7 Å². The van der Waals surface area contributed by atoms with Gasteiger partial charge in [-0.2, -0.15) is 0 Å². The monoisotopic (exact) mass is 387 g/mol. The van der Waals surface area contributed by atoms with Crippen LogP contribution in [0.4, 0.5) is 4.79 Å². The summed E-state index contributed by atoms with van der Waals surface area (Å²) in [7, 11) is 1.45. The Morgan fingerprint density at radius 3 is 2.60 bits per heavy atom. The molecular weight excluding hydrogens is 373 g/mol. The number of hydrogen-bond acceptors (Lipinski definition) is 5. The third-order valence-electron chi connectivity index (χ3n) is 3.37. The maximum Gasteiger partial charge on any atom is 0.327 e. The highest BCUT2D eigenvalue weighted by Gasteiger charge is 2.35. The molecule has 0 aliphatic carbocycles. The summed E-state index contributed by atoms with van der Waals surface area (Å²) in [6.45, 7) is -1.01. The number of likely N-dealkylation sites (N-methyl/N-ethyl adjacent to an activating group) is 1. The Morgan fingerprint density at radius 1 is 1.28 bits per heavy atom. The molecule has 8 nitrogen and oxygen atoms in total. The van der Waals surface area contributed by atoms with Gasteiger partial charge in [0.2, 0.25) is 0 Å². The number of nitrogens with one attached hydrogen (secondary N) is 1. The van der Waals surface area contributed by atoms with Crippen molar-refractivity contribution in [1.82, 2.24) is 15.1 Å². The fraction of sp³-hybridized carbons (Fsp3) is 0.333. The van der Waals surface area contributed by atoms with E-state index in [2.05, 4.69) is 5.32 Å². The van der Waals surface area contributed by atoms with Crippen LogP contribution in [0.5, 0.6) is 0 Å².